The Balaban J connectivity index is 0.00000320. The van der Waals surface area contributed by atoms with Gasteiger partial charge in [0.25, 0.3) is 0 Å². The molecule has 2 N–H and O–H groups in total. The van der Waals surface area contributed by atoms with E-state index in [-0.39, 0.29) is 34.9 Å². The van der Waals surface area contributed by atoms with Gasteiger partial charge in [0, 0.05) is 18.3 Å². The number of quaternary nitrogens is 1. The minimum absolute atomic E-state index is 0. The maximum atomic E-state index is 13.5. The van der Waals surface area contributed by atoms with Crippen molar-refractivity contribution >= 4 is 34.3 Å². The van der Waals surface area contributed by atoms with Gasteiger partial charge in [-0.2, -0.15) is 17.0 Å². The van der Waals surface area contributed by atoms with E-state index in [2.05, 4.69) is 19.8 Å². The Labute approximate surface area is 183 Å². The molecule has 0 radical (unpaired) electrons. The average molecular weight is 456 g/mol. The molecule has 0 spiro atoms. The summed E-state index contributed by atoms with van der Waals surface area (Å²) in [6.07, 6.45) is 1.38. The monoisotopic (exact) mass is 455 g/mol. The molecular weight excluding hydrogens is 428 g/mol. The van der Waals surface area contributed by atoms with Crippen LogP contribution >= 0.6 is 12.4 Å². The fraction of sp³-hybridized carbons (Fsp3) is 0.400. The molecular formula is C20H28ClN4O4S+. The highest BCUT2D eigenvalue weighted by Gasteiger charge is 2.49. The SMILES string of the molecule is COC(=O)c1ccc(CNS(=O)(=O)[N+]2(c3ccccc3)C[C@@H](C)N[C@@H](C)C2)nc1.Cl. The Hall–Kier alpha value is -2.04. The summed E-state index contributed by atoms with van der Waals surface area (Å²) in [5, 5.41) is 3.41. The zero-order valence-corrected chi connectivity index (χ0v) is 18.9. The predicted octanol–water partition coefficient (Wildman–Crippen LogP) is 2.01. The van der Waals surface area contributed by atoms with Gasteiger partial charge in [0.1, 0.15) is 18.8 Å². The molecule has 1 aromatic heterocycles. The van der Waals surface area contributed by atoms with Crippen molar-refractivity contribution in [2.24, 2.45) is 0 Å². The second-order valence-corrected chi connectivity index (χ2v) is 9.32. The molecule has 0 bridgehead atoms. The van der Waals surface area contributed by atoms with Gasteiger partial charge in [-0.15, -0.1) is 12.4 Å². The summed E-state index contributed by atoms with van der Waals surface area (Å²) in [5.74, 6) is -0.484. The number of esters is 1. The number of methoxy groups -OCH3 is 1. The molecule has 0 aliphatic carbocycles. The number of benzene rings is 1. The van der Waals surface area contributed by atoms with E-state index >= 15 is 0 Å². The summed E-state index contributed by atoms with van der Waals surface area (Å²) >= 11 is 0. The van der Waals surface area contributed by atoms with Gasteiger partial charge in [-0.25, -0.2) is 4.79 Å². The van der Waals surface area contributed by atoms with E-state index in [1.165, 1.54) is 13.3 Å². The standard InChI is InChI=1S/C20H27N4O4S.ClH/c1-15-13-24(14-16(2)23-15,19-7-5-4-6-8-19)29(26,27)22-12-18-10-9-17(11-21-18)20(25)28-3;/h4-11,15-16,22-23H,12-14H2,1-3H3;1H/q+1;/t15-,16+,24?;. The quantitative estimate of drug-likeness (QED) is 0.511. The van der Waals surface area contributed by atoms with Crippen LogP contribution in [0.5, 0.6) is 0 Å². The van der Waals surface area contributed by atoms with Crippen LogP contribution in [-0.2, 0) is 21.5 Å². The average Bonchev–Trinajstić information content (AvgIpc) is 2.72. The first-order chi connectivity index (χ1) is 13.8. The van der Waals surface area contributed by atoms with Gasteiger partial charge in [-0.1, -0.05) is 18.2 Å². The lowest BCUT2D eigenvalue weighted by atomic mass is 10.1. The lowest BCUT2D eigenvalue weighted by Crippen LogP contribution is -2.70. The fourth-order valence-corrected chi connectivity index (χ4v) is 5.67. The molecule has 1 aliphatic rings. The van der Waals surface area contributed by atoms with Crippen LogP contribution in [0.1, 0.15) is 29.9 Å². The number of nitrogens with one attached hydrogen (secondary N) is 2. The number of halogens is 1. The minimum Gasteiger partial charge on any atom is -0.465 e. The van der Waals surface area contributed by atoms with Gasteiger partial charge < -0.3 is 10.1 Å². The van der Waals surface area contributed by atoms with Crippen molar-refractivity contribution < 1.29 is 17.9 Å². The van der Waals surface area contributed by atoms with E-state index in [0.29, 0.717) is 24.3 Å². The van der Waals surface area contributed by atoms with Crippen molar-refractivity contribution in [1.29, 1.82) is 0 Å². The molecule has 30 heavy (non-hydrogen) atoms. The van der Waals surface area contributed by atoms with E-state index in [0.717, 1.165) is 5.69 Å². The first-order valence-electron chi connectivity index (χ1n) is 9.49. The van der Waals surface area contributed by atoms with Crippen molar-refractivity contribution in [2.45, 2.75) is 32.5 Å². The van der Waals surface area contributed by atoms with E-state index in [4.69, 9.17) is 0 Å². The number of hydrogen-bond donors (Lipinski definition) is 2. The summed E-state index contributed by atoms with van der Waals surface area (Å²) in [7, 11) is -2.48. The zero-order valence-electron chi connectivity index (χ0n) is 17.2. The number of hydrogen-bond acceptors (Lipinski definition) is 6. The Morgan fingerprint density at radius 2 is 1.80 bits per heavy atom. The van der Waals surface area contributed by atoms with Gasteiger partial charge in [-0.05, 0) is 26.0 Å². The maximum Gasteiger partial charge on any atom is 0.375 e. The summed E-state index contributed by atoms with van der Waals surface area (Å²) in [4.78, 5) is 15.7. The fourth-order valence-electron chi connectivity index (χ4n) is 3.85. The molecule has 3 rings (SSSR count). The molecule has 0 saturated carbocycles. The van der Waals surface area contributed by atoms with E-state index in [1.807, 2.05) is 44.2 Å². The molecule has 2 heterocycles. The Bertz CT molecular complexity index is 945. The Kier molecular flexibility index (Phi) is 7.95. The van der Waals surface area contributed by atoms with E-state index in [9.17, 15) is 13.2 Å². The molecule has 0 amide bonds. The number of nitrogens with zero attached hydrogens (tertiary/aromatic N) is 2. The van der Waals surface area contributed by atoms with E-state index < -0.39 is 16.2 Å². The third kappa shape index (κ3) is 4.98. The minimum atomic E-state index is -3.78. The molecule has 10 heteroatoms. The highest BCUT2D eigenvalue weighted by atomic mass is 35.5. The van der Waals surface area contributed by atoms with Crippen molar-refractivity contribution in [3.05, 3.63) is 59.9 Å². The highest BCUT2D eigenvalue weighted by Crippen LogP contribution is 2.30. The molecule has 1 unspecified atom stereocenters. The van der Waals surface area contributed by atoms with Gasteiger partial charge in [-0.3, -0.25) is 4.98 Å². The molecule has 1 saturated heterocycles. The lowest BCUT2D eigenvalue weighted by Gasteiger charge is -2.43. The van der Waals surface area contributed by atoms with Crippen LogP contribution in [0.4, 0.5) is 5.69 Å². The second-order valence-electron chi connectivity index (χ2n) is 7.38. The molecule has 3 atom stereocenters. The number of carbonyl (C=O) groups excluding carboxylic acids is 1. The molecule has 8 nitrogen and oxygen atoms in total. The first-order valence-corrected chi connectivity index (χ1v) is 10.9. The highest BCUT2D eigenvalue weighted by molar-refractivity contribution is 7.89. The second kappa shape index (κ2) is 9.84. The third-order valence-electron chi connectivity index (χ3n) is 5.07. The maximum absolute atomic E-state index is 13.5. The number of ether oxygens (including phenoxy) is 1. The summed E-state index contributed by atoms with van der Waals surface area (Å²) in [6, 6.07) is 12.6. The van der Waals surface area contributed by atoms with E-state index in [1.54, 1.807) is 12.1 Å². The van der Waals surface area contributed by atoms with Crippen LogP contribution < -0.4 is 13.9 Å². The first kappa shape index (κ1) is 24.2. The van der Waals surface area contributed by atoms with Crippen molar-refractivity contribution in [3.63, 3.8) is 0 Å². The smallest absolute Gasteiger partial charge is 0.375 e. The summed E-state index contributed by atoms with van der Waals surface area (Å²) in [6.45, 7) is 4.85. The third-order valence-corrected chi connectivity index (χ3v) is 7.01. The molecule has 164 valence electrons. The molecule has 1 aliphatic heterocycles. The number of piperazine rings is 1. The Morgan fingerprint density at radius 3 is 2.33 bits per heavy atom. The largest absolute Gasteiger partial charge is 0.465 e. The van der Waals surface area contributed by atoms with Crippen LogP contribution in [0, 0.1) is 0 Å². The molecule has 2 aromatic rings. The lowest BCUT2D eigenvalue weighted by molar-refractivity contribution is 0.0600. The summed E-state index contributed by atoms with van der Waals surface area (Å²) < 4.78 is 34.3. The van der Waals surface area contributed by atoms with Crippen LogP contribution in [-0.4, -0.2) is 51.7 Å². The van der Waals surface area contributed by atoms with Crippen molar-refractivity contribution in [2.75, 3.05) is 20.2 Å². The number of carbonyl (C=O) groups is 1. The molecule has 1 fully saturated rings. The van der Waals surface area contributed by atoms with Gasteiger partial charge in [0.15, 0.2) is 0 Å². The van der Waals surface area contributed by atoms with Gasteiger partial charge in [0.05, 0.1) is 37.0 Å². The van der Waals surface area contributed by atoms with Crippen molar-refractivity contribution in [1.82, 2.24) is 18.9 Å². The predicted molar refractivity (Wildman–Crippen MR) is 119 cm³/mol. The Morgan fingerprint density at radius 1 is 1.17 bits per heavy atom. The number of rotatable bonds is 6. The van der Waals surface area contributed by atoms with Crippen LogP contribution in [0.2, 0.25) is 0 Å². The number of pyridine rings is 1. The zero-order chi connectivity index (χ0) is 21.1. The normalized spacial score (nSPS) is 24.0. The molecule has 1 aromatic carbocycles. The van der Waals surface area contributed by atoms with Crippen LogP contribution in [0.25, 0.3) is 0 Å². The van der Waals surface area contributed by atoms with Crippen LogP contribution in [0.3, 0.4) is 0 Å². The number of aromatic nitrogens is 1. The summed E-state index contributed by atoms with van der Waals surface area (Å²) in [5.41, 5.74) is 1.56. The van der Waals surface area contributed by atoms with Crippen LogP contribution in [0.15, 0.2) is 48.7 Å². The van der Waals surface area contributed by atoms with Crippen molar-refractivity contribution in [3.8, 4) is 0 Å². The number of para-hydroxylation sites is 1. The van der Waals surface area contributed by atoms with Gasteiger partial charge in [0.2, 0.25) is 0 Å². The van der Waals surface area contributed by atoms with Gasteiger partial charge >= 0.3 is 16.2 Å². The topological polar surface area (TPSA) is 97.4 Å².